The van der Waals surface area contributed by atoms with Crippen LogP contribution in [0.2, 0.25) is 0 Å². The lowest BCUT2D eigenvalue weighted by Gasteiger charge is -2.36. The van der Waals surface area contributed by atoms with E-state index in [9.17, 15) is 9.59 Å². The van der Waals surface area contributed by atoms with E-state index in [0.717, 1.165) is 22.4 Å². The van der Waals surface area contributed by atoms with E-state index in [-0.39, 0.29) is 17.7 Å². The number of benzene rings is 2. The molecule has 6 nitrogen and oxygen atoms in total. The van der Waals surface area contributed by atoms with Crippen molar-refractivity contribution in [2.75, 3.05) is 0 Å². The van der Waals surface area contributed by atoms with Crippen molar-refractivity contribution >= 4 is 11.8 Å². The van der Waals surface area contributed by atoms with Crippen LogP contribution in [0.3, 0.4) is 0 Å². The number of nitrogens with zero attached hydrogens (tertiary/aromatic N) is 3. The fourth-order valence-electron chi connectivity index (χ4n) is 3.98. The van der Waals surface area contributed by atoms with Gasteiger partial charge in [-0.2, -0.15) is 5.10 Å². The quantitative estimate of drug-likeness (QED) is 0.669. The molecule has 1 aromatic heterocycles. The monoisotopic (exact) mass is 416 g/mol. The summed E-state index contributed by atoms with van der Waals surface area (Å²) in [7, 11) is 0. The number of hydrogen-bond donors (Lipinski definition) is 1. The number of carbonyl (C=O) groups excluding carboxylic acids is 2. The molecule has 1 unspecified atom stereocenters. The Morgan fingerprint density at radius 3 is 2.48 bits per heavy atom. The topological polar surface area (TPSA) is 67.2 Å². The molecule has 0 saturated carbocycles. The molecule has 2 amide bonds. The predicted molar refractivity (Wildman–Crippen MR) is 119 cm³/mol. The second-order valence-corrected chi connectivity index (χ2v) is 8.44. The molecule has 2 aromatic carbocycles. The van der Waals surface area contributed by atoms with Crippen LogP contribution in [0, 0.1) is 5.92 Å². The second-order valence-electron chi connectivity index (χ2n) is 8.44. The molecule has 0 fully saturated rings. The summed E-state index contributed by atoms with van der Waals surface area (Å²) in [5.41, 5.74) is 4.23. The van der Waals surface area contributed by atoms with Crippen molar-refractivity contribution in [3.05, 3.63) is 83.7 Å². The van der Waals surface area contributed by atoms with Gasteiger partial charge in [-0.05, 0) is 40.8 Å². The van der Waals surface area contributed by atoms with Crippen LogP contribution in [0.1, 0.15) is 37.0 Å². The van der Waals surface area contributed by atoms with Gasteiger partial charge in [0.25, 0.3) is 0 Å². The zero-order chi connectivity index (χ0) is 21.8. The predicted octanol–water partition coefficient (Wildman–Crippen LogP) is 3.49. The fourth-order valence-corrected chi connectivity index (χ4v) is 3.98. The van der Waals surface area contributed by atoms with Gasteiger partial charge in [0.05, 0.1) is 5.69 Å². The van der Waals surface area contributed by atoms with Gasteiger partial charge in [-0.25, -0.2) is 4.68 Å². The minimum atomic E-state index is -0.482. The second kappa shape index (κ2) is 9.16. The molecule has 0 radical (unpaired) electrons. The van der Waals surface area contributed by atoms with E-state index in [1.54, 1.807) is 15.8 Å². The third-order valence-corrected chi connectivity index (χ3v) is 5.63. The highest BCUT2D eigenvalue weighted by molar-refractivity contribution is 5.88. The average molecular weight is 417 g/mol. The normalized spacial score (nSPS) is 15.6. The zero-order valence-electron chi connectivity index (χ0n) is 18.0. The Balaban J connectivity index is 1.45. The summed E-state index contributed by atoms with van der Waals surface area (Å²) < 4.78 is 1.79. The summed E-state index contributed by atoms with van der Waals surface area (Å²) in [6, 6.07) is 17.4. The van der Waals surface area contributed by atoms with Crippen LogP contribution in [-0.2, 0) is 29.1 Å². The minimum Gasteiger partial charge on any atom is -0.350 e. The van der Waals surface area contributed by atoms with Gasteiger partial charge in [0.2, 0.25) is 11.8 Å². The molecule has 1 N–H and O–H groups in total. The summed E-state index contributed by atoms with van der Waals surface area (Å²) in [5.74, 6) is 0.178. The molecule has 160 valence electrons. The van der Waals surface area contributed by atoms with Gasteiger partial charge in [0, 0.05) is 38.3 Å². The third-order valence-electron chi connectivity index (χ3n) is 5.63. The average Bonchev–Trinajstić information content (AvgIpc) is 3.31. The maximum Gasteiger partial charge on any atom is 0.243 e. The summed E-state index contributed by atoms with van der Waals surface area (Å²) in [6.45, 7) is 4.95. The molecule has 3 aromatic rings. The molecule has 0 spiro atoms. The number of fused-ring (bicyclic) bond motifs is 1. The van der Waals surface area contributed by atoms with Gasteiger partial charge >= 0.3 is 0 Å². The highest BCUT2D eigenvalue weighted by atomic mass is 16.2. The highest BCUT2D eigenvalue weighted by Gasteiger charge is 2.34. The molecule has 0 bridgehead atoms. The molecular formula is C25H28N4O2. The van der Waals surface area contributed by atoms with E-state index in [1.165, 1.54) is 0 Å². The molecule has 1 aliphatic rings. The number of aromatic nitrogens is 2. The molecule has 0 saturated heterocycles. The molecule has 6 heteroatoms. The van der Waals surface area contributed by atoms with Gasteiger partial charge < -0.3 is 10.2 Å². The number of carbonyl (C=O) groups is 2. The van der Waals surface area contributed by atoms with Gasteiger partial charge in [-0.15, -0.1) is 0 Å². The van der Waals surface area contributed by atoms with Gasteiger partial charge in [-0.3, -0.25) is 9.59 Å². The van der Waals surface area contributed by atoms with Crippen molar-refractivity contribution in [2.24, 2.45) is 5.92 Å². The van der Waals surface area contributed by atoms with Crippen molar-refractivity contribution in [1.82, 2.24) is 20.0 Å². The minimum absolute atomic E-state index is 0.0354. The van der Waals surface area contributed by atoms with E-state index in [4.69, 9.17) is 0 Å². The lowest BCUT2D eigenvalue weighted by atomic mass is 9.92. The van der Waals surface area contributed by atoms with Crippen molar-refractivity contribution in [2.45, 2.75) is 45.8 Å². The molecule has 1 atom stereocenters. The van der Waals surface area contributed by atoms with Crippen molar-refractivity contribution in [3.63, 3.8) is 0 Å². The lowest BCUT2D eigenvalue weighted by Crippen LogP contribution is -2.52. The Morgan fingerprint density at radius 2 is 1.81 bits per heavy atom. The summed E-state index contributed by atoms with van der Waals surface area (Å²) in [4.78, 5) is 27.8. The Bertz CT molecular complexity index is 1040. The molecule has 31 heavy (non-hydrogen) atoms. The summed E-state index contributed by atoms with van der Waals surface area (Å²) in [5, 5.41) is 7.26. The van der Waals surface area contributed by atoms with Gasteiger partial charge in [-0.1, -0.05) is 50.2 Å². The Morgan fingerprint density at radius 1 is 1.06 bits per heavy atom. The van der Waals surface area contributed by atoms with E-state index in [2.05, 4.69) is 10.4 Å². The van der Waals surface area contributed by atoms with Crippen LogP contribution in [0.25, 0.3) is 5.69 Å². The van der Waals surface area contributed by atoms with E-state index in [0.29, 0.717) is 25.9 Å². The molecular weight excluding hydrogens is 388 g/mol. The largest absolute Gasteiger partial charge is 0.350 e. The van der Waals surface area contributed by atoms with Crippen LogP contribution in [0.15, 0.2) is 67.0 Å². The number of nitrogens with one attached hydrogen (secondary N) is 1. The Labute approximate surface area is 182 Å². The van der Waals surface area contributed by atoms with Crippen LogP contribution in [-0.4, -0.2) is 32.5 Å². The lowest BCUT2D eigenvalue weighted by molar-refractivity contribution is -0.142. The molecule has 2 heterocycles. The first kappa shape index (κ1) is 20.8. The van der Waals surface area contributed by atoms with Crippen molar-refractivity contribution in [3.8, 4) is 5.69 Å². The van der Waals surface area contributed by atoms with E-state index in [1.807, 2.05) is 74.6 Å². The maximum atomic E-state index is 13.1. The van der Waals surface area contributed by atoms with E-state index >= 15 is 0 Å². The van der Waals surface area contributed by atoms with Crippen LogP contribution in [0.4, 0.5) is 0 Å². The molecule has 0 aliphatic carbocycles. The van der Waals surface area contributed by atoms with Crippen LogP contribution in [0.5, 0.6) is 0 Å². The first-order chi connectivity index (χ1) is 15.0. The smallest absolute Gasteiger partial charge is 0.243 e. The number of amides is 2. The van der Waals surface area contributed by atoms with Crippen molar-refractivity contribution in [1.29, 1.82) is 0 Å². The fraction of sp³-hybridized carbons (Fsp3) is 0.320. The molecule has 1 aliphatic heterocycles. The highest BCUT2D eigenvalue weighted by Crippen LogP contribution is 2.25. The first-order valence-corrected chi connectivity index (χ1v) is 10.7. The Hall–Kier alpha value is -3.41. The number of hydrogen-bond acceptors (Lipinski definition) is 3. The summed E-state index contributed by atoms with van der Waals surface area (Å²) in [6.07, 6.45) is 4.62. The first-order valence-electron chi connectivity index (χ1n) is 10.7. The van der Waals surface area contributed by atoms with E-state index < -0.39 is 6.04 Å². The van der Waals surface area contributed by atoms with Gasteiger partial charge in [0.1, 0.15) is 6.04 Å². The summed E-state index contributed by atoms with van der Waals surface area (Å²) >= 11 is 0. The standard InChI is InChI=1S/C25H28N4O2/c1-18(2)14-24(30)28-17-21-7-4-3-6-20(21)15-23(28)25(31)26-16-19-8-10-22(11-9-19)29-13-5-12-27-29/h3-13,18,23H,14-17H2,1-2H3,(H,26,31). The van der Waals surface area contributed by atoms with Crippen molar-refractivity contribution < 1.29 is 9.59 Å². The third kappa shape index (κ3) is 4.85. The molecule has 4 rings (SSSR count). The van der Waals surface area contributed by atoms with Crippen LogP contribution >= 0.6 is 0 Å². The van der Waals surface area contributed by atoms with Gasteiger partial charge in [0.15, 0.2) is 0 Å². The number of rotatable bonds is 6. The zero-order valence-corrected chi connectivity index (χ0v) is 18.0. The van der Waals surface area contributed by atoms with Crippen LogP contribution < -0.4 is 5.32 Å². The SMILES string of the molecule is CC(C)CC(=O)N1Cc2ccccc2CC1C(=O)NCc1ccc(-n2cccn2)cc1. The maximum absolute atomic E-state index is 13.1. The Kier molecular flexibility index (Phi) is 6.16.